The lowest BCUT2D eigenvalue weighted by Gasteiger charge is -2.36. The second-order valence-corrected chi connectivity index (χ2v) is 18.2. The van der Waals surface area contributed by atoms with Crippen LogP contribution in [-0.4, -0.2) is 75.4 Å². The SMILES string of the molecule is CC(C)C[C@H](NC(=O)OC(C)(C)C)C(=O)Nc1ncnc2c1ncn2[C@@H]1O[C@H](CO[Si](C)(C)C(C)(C)C)C[C@H]1O. The quantitative estimate of drug-likeness (QED) is 0.369. The zero-order valence-electron chi connectivity index (χ0n) is 25.4. The highest BCUT2D eigenvalue weighted by Gasteiger charge is 2.41. The summed E-state index contributed by atoms with van der Waals surface area (Å²) in [5, 5.41) is 16.3. The topological polar surface area (TPSA) is 150 Å². The predicted molar refractivity (Wildman–Crippen MR) is 154 cm³/mol. The van der Waals surface area contributed by atoms with Crippen molar-refractivity contribution in [2.24, 2.45) is 5.92 Å². The van der Waals surface area contributed by atoms with Crippen molar-refractivity contribution in [2.45, 2.75) is 116 Å². The first kappa shape index (κ1) is 31.9. The summed E-state index contributed by atoms with van der Waals surface area (Å²) in [4.78, 5) is 38.6. The van der Waals surface area contributed by atoms with Crippen LogP contribution in [-0.2, 0) is 18.7 Å². The summed E-state index contributed by atoms with van der Waals surface area (Å²) in [5.74, 6) is -0.127. The van der Waals surface area contributed by atoms with Gasteiger partial charge in [0.15, 0.2) is 31.5 Å². The van der Waals surface area contributed by atoms with Crippen LogP contribution < -0.4 is 10.6 Å². The van der Waals surface area contributed by atoms with Crippen LogP contribution in [0.2, 0.25) is 18.1 Å². The van der Waals surface area contributed by atoms with Crippen LogP contribution in [0.25, 0.3) is 11.2 Å². The molecule has 13 heteroatoms. The Morgan fingerprint density at radius 1 is 1.18 bits per heavy atom. The van der Waals surface area contributed by atoms with Crippen LogP contribution >= 0.6 is 0 Å². The number of anilines is 1. The van der Waals surface area contributed by atoms with Gasteiger partial charge in [0.25, 0.3) is 0 Å². The fourth-order valence-corrected chi connectivity index (χ4v) is 5.13. The molecule has 0 aliphatic carbocycles. The van der Waals surface area contributed by atoms with Gasteiger partial charge in [0.05, 0.1) is 19.0 Å². The molecule has 12 nitrogen and oxygen atoms in total. The number of carbonyl (C=O) groups excluding carboxylic acids is 2. The van der Waals surface area contributed by atoms with E-state index in [2.05, 4.69) is 59.5 Å². The summed E-state index contributed by atoms with van der Waals surface area (Å²) in [6, 6.07) is -0.844. The van der Waals surface area contributed by atoms with E-state index in [1.54, 1.807) is 25.3 Å². The molecule has 1 aliphatic heterocycles. The van der Waals surface area contributed by atoms with Crippen molar-refractivity contribution in [1.82, 2.24) is 24.8 Å². The zero-order valence-corrected chi connectivity index (χ0v) is 26.4. The zero-order chi connectivity index (χ0) is 30.0. The van der Waals surface area contributed by atoms with Crippen molar-refractivity contribution in [3.63, 3.8) is 0 Å². The highest BCUT2D eigenvalue weighted by molar-refractivity contribution is 6.74. The van der Waals surface area contributed by atoms with E-state index in [9.17, 15) is 14.7 Å². The van der Waals surface area contributed by atoms with Gasteiger partial charge >= 0.3 is 6.09 Å². The molecule has 4 atom stereocenters. The Hall–Kier alpha value is -2.61. The fourth-order valence-electron chi connectivity index (χ4n) is 4.09. The van der Waals surface area contributed by atoms with Crippen LogP contribution in [0.1, 0.15) is 74.5 Å². The molecule has 1 saturated heterocycles. The maximum atomic E-state index is 13.2. The maximum Gasteiger partial charge on any atom is 0.408 e. The fraction of sp³-hybridized carbons (Fsp3) is 0.741. The van der Waals surface area contributed by atoms with E-state index in [0.717, 1.165) is 0 Å². The molecule has 3 N–H and O–H groups in total. The van der Waals surface area contributed by atoms with E-state index in [0.29, 0.717) is 30.6 Å². The normalized spacial score (nSPS) is 21.1. The van der Waals surface area contributed by atoms with Gasteiger partial charge in [-0.1, -0.05) is 34.6 Å². The molecular formula is C27H46N6O6Si. The van der Waals surface area contributed by atoms with Crippen LogP contribution in [0.15, 0.2) is 12.7 Å². The van der Waals surface area contributed by atoms with Crippen LogP contribution in [0.5, 0.6) is 0 Å². The molecule has 224 valence electrons. The van der Waals surface area contributed by atoms with Crippen molar-refractivity contribution in [3.05, 3.63) is 12.7 Å². The van der Waals surface area contributed by atoms with Gasteiger partial charge in [-0.05, 0) is 51.2 Å². The lowest BCUT2D eigenvalue weighted by atomic mass is 10.0. The molecule has 3 heterocycles. The summed E-state index contributed by atoms with van der Waals surface area (Å²) in [6.07, 6.45) is 1.20. The number of amides is 2. The molecule has 2 aromatic rings. The Morgan fingerprint density at radius 2 is 1.85 bits per heavy atom. The predicted octanol–water partition coefficient (Wildman–Crippen LogP) is 4.37. The maximum absolute atomic E-state index is 13.2. The molecule has 0 unspecified atom stereocenters. The molecule has 0 aromatic carbocycles. The monoisotopic (exact) mass is 578 g/mol. The number of ether oxygens (including phenoxy) is 2. The number of alkyl carbamates (subject to hydrolysis) is 1. The van der Waals surface area contributed by atoms with Crippen molar-refractivity contribution in [1.29, 1.82) is 0 Å². The number of carbonyl (C=O) groups is 2. The summed E-state index contributed by atoms with van der Waals surface area (Å²) in [7, 11) is -1.97. The second kappa shape index (κ2) is 12.1. The first-order valence-electron chi connectivity index (χ1n) is 13.8. The highest BCUT2D eigenvalue weighted by atomic mass is 28.4. The van der Waals surface area contributed by atoms with E-state index in [1.807, 2.05) is 13.8 Å². The first-order chi connectivity index (χ1) is 18.4. The first-order valence-corrected chi connectivity index (χ1v) is 16.7. The van der Waals surface area contributed by atoms with Crippen molar-refractivity contribution in [3.8, 4) is 0 Å². The van der Waals surface area contributed by atoms with E-state index in [4.69, 9.17) is 13.9 Å². The number of hydrogen-bond donors (Lipinski definition) is 3. The Labute approximate surface area is 237 Å². The Bertz CT molecular complexity index is 1190. The Kier molecular flexibility index (Phi) is 9.65. The average molecular weight is 579 g/mol. The smallest absolute Gasteiger partial charge is 0.408 e. The van der Waals surface area contributed by atoms with Crippen molar-refractivity contribution in [2.75, 3.05) is 11.9 Å². The molecule has 40 heavy (non-hydrogen) atoms. The number of aliphatic hydroxyl groups is 1. The van der Waals surface area contributed by atoms with Gasteiger partial charge in [-0.2, -0.15) is 0 Å². The highest BCUT2D eigenvalue weighted by Crippen LogP contribution is 2.38. The molecule has 0 radical (unpaired) electrons. The number of hydrogen-bond acceptors (Lipinski definition) is 9. The largest absolute Gasteiger partial charge is 0.444 e. The third kappa shape index (κ3) is 7.99. The molecule has 0 spiro atoms. The van der Waals surface area contributed by atoms with Gasteiger partial charge in [-0.15, -0.1) is 0 Å². The standard InChI is InChI=1S/C27H46N6O6Si/c1-16(2)11-18(31-25(36)39-26(3,4)5)23(35)32-21-20-22(29-14-28-21)33(15-30-20)24-19(34)12-17(38-24)13-37-40(9,10)27(6,7)8/h14-19,24,34H,11-13H2,1-10H3,(H,31,36)(H,28,29,32,35)/t17-,18-,19+,24+/m0/s1. The minimum atomic E-state index is -1.97. The number of fused-ring (bicyclic) bond motifs is 1. The summed E-state index contributed by atoms with van der Waals surface area (Å²) in [6.45, 7) is 20.5. The van der Waals surface area contributed by atoms with Crippen molar-refractivity contribution >= 4 is 37.3 Å². The van der Waals surface area contributed by atoms with Gasteiger partial charge in [0.1, 0.15) is 24.1 Å². The summed E-state index contributed by atoms with van der Waals surface area (Å²) >= 11 is 0. The van der Waals surface area contributed by atoms with E-state index < -0.39 is 44.3 Å². The van der Waals surface area contributed by atoms with Crippen molar-refractivity contribution < 1.29 is 28.6 Å². The molecule has 0 saturated carbocycles. The lowest BCUT2D eigenvalue weighted by Crippen LogP contribution is -2.46. The van der Waals surface area contributed by atoms with Gasteiger partial charge < -0.3 is 29.6 Å². The second-order valence-electron chi connectivity index (χ2n) is 13.4. The number of aliphatic hydroxyl groups excluding tert-OH is 1. The van der Waals surface area contributed by atoms with Gasteiger partial charge in [0.2, 0.25) is 5.91 Å². The number of rotatable bonds is 9. The average Bonchev–Trinajstić information content (AvgIpc) is 3.38. The van der Waals surface area contributed by atoms with E-state index in [-0.39, 0.29) is 22.9 Å². The molecule has 1 aliphatic rings. The molecule has 1 fully saturated rings. The molecular weight excluding hydrogens is 532 g/mol. The third-order valence-corrected chi connectivity index (χ3v) is 11.7. The Morgan fingerprint density at radius 3 is 2.45 bits per heavy atom. The van der Waals surface area contributed by atoms with Crippen LogP contribution in [0, 0.1) is 5.92 Å². The number of imidazole rings is 1. The minimum absolute atomic E-state index is 0.0680. The molecule has 3 rings (SSSR count). The third-order valence-electron chi connectivity index (χ3n) is 7.19. The van der Waals surface area contributed by atoms with E-state index >= 15 is 0 Å². The number of nitrogens with zero attached hydrogens (tertiary/aromatic N) is 4. The van der Waals surface area contributed by atoms with E-state index in [1.165, 1.54) is 12.7 Å². The number of aromatic nitrogens is 4. The minimum Gasteiger partial charge on any atom is -0.444 e. The Balaban J connectivity index is 1.75. The van der Waals surface area contributed by atoms with Gasteiger partial charge in [-0.25, -0.2) is 19.7 Å². The lowest BCUT2D eigenvalue weighted by molar-refractivity contribution is -0.118. The van der Waals surface area contributed by atoms with Crippen LogP contribution in [0.3, 0.4) is 0 Å². The van der Waals surface area contributed by atoms with Gasteiger partial charge in [-0.3, -0.25) is 9.36 Å². The summed E-state index contributed by atoms with van der Waals surface area (Å²) in [5.41, 5.74) is 0.0474. The van der Waals surface area contributed by atoms with Gasteiger partial charge in [0, 0.05) is 6.42 Å². The molecule has 2 aromatic heterocycles. The number of nitrogens with one attached hydrogen (secondary N) is 2. The molecule has 0 bridgehead atoms. The molecule has 2 amide bonds. The van der Waals surface area contributed by atoms with Crippen LogP contribution in [0.4, 0.5) is 10.6 Å². The summed E-state index contributed by atoms with van der Waals surface area (Å²) < 4.78 is 19.5.